The predicted octanol–water partition coefficient (Wildman–Crippen LogP) is 5.23. The maximum absolute atomic E-state index is 15.0. The molecule has 4 rings (SSSR count). The van der Waals surface area contributed by atoms with E-state index in [1.54, 1.807) is 20.8 Å². The lowest BCUT2D eigenvalue weighted by atomic mass is 10.0. The van der Waals surface area contributed by atoms with Crippen molar-refractivity contribution in [3.05, 3.63) is 58.7 Å². The number of aromatic carboxylic acids is 1. The third kappa shape index (κ3) is 5.42. The lowest BCUT2D eigenvalue weighted by molar-refractivity contribution is -0.0418. The maximum atomic E-state index is 15.0. The molecule has 0 saturated carbocycles. The number of carboxylic acids is 1. The molecule has 1 aliphatic heterocycles. The maximum Gasteiger partial charge on any atom is 0.410 e. The number of benzene rings is 1. The van der Waals surface area contributed by atoms with Crippen LogP contribution >= 0.6 is 0 Å². The molecule has 0 radical (unpaired) electrons. The van der Waals surface area contributed by atoms with Crippen LogP contribution in [0.25, 0.3) is 16.9 Å². The quantitative estimate of drug-likeness (QED) is 0.351. The molecule has 0 aliphatic carbocycles. The second-order valence-corrected chi connectivity index (χ2v) is 9.73. The number of carboxylic acid groups (broad SMARTS) is 1. The van der Waals surface area contributed by atoms with Crippen molar-refractivity contribution >= 4 is 17.7 Å². The summed E-state index contributed by atoms with van der Waals surface area (Å²) >= 11 is 0. The molecule has 8 nitrogen and oxygen atoms in total. The van der Waals surface area contributed by atoms with Gasteiger partial charge in [-0.05, 0) is 39.0 Å². The van der Waals surface area contributed by atoms with Gasteiger partial charge >= 0.3 is 12.1 Å². The number of fused-ring (bicyclic) bond motifs is 1. The van der Waals surface area contributed by atoms with Crippen molar-refractivity contribution in [1.29, 1.82) is 0 Å². The summed E-state index contributed by atoms with van der Waals surface area (Å²) in [7, 11) is 0. The fourth-order valence-electron chi connectivity index (χ4n) is 4.16. The van der Waals surface area contributed by atoms with Gasteiger partial charge in [0.05, 0.1) is 36.2 Å². The molecule has 38 heavy (non-hydrogen) atoms. The molecule has 0 bridgehead atoms. The fourth-order valence-corrected chi connectivity index (χ4v) is 4.16. The van der Waals surface area contributed by atoms with Crippen molar-refractivity contribution in [3.63, 3.8) is 0 Å². The summed E-state index contributed by atoms with van der Waals surface area (Å²) in [5.74, 6) is -6.86. The van der Waals surface area contributed by atoms with Gasteiger partial charge in [0.1, 0.15) is 22.6 Å². The van der Waals surface area contributed by atoms with Crippen molar-refractivity contribution in [2.75, 3.05) is 19.7 Å². The molecule has 0 spiro atoms. The van der Waals surface area contributed by atoms with E-state index in [0.29, 0.717) is 6.07 Å². The van der Waals surface area contributed by atoms with Gasteiger partial charge in [-0.15, -0.1) is 0 Å². The Morgan fingerprint density at radius 3 is 2.55 bits per heavy atom. The van der Waals surface area contributed by atoms with Crippen molar-refractivity contribution in [3.8, 4) is 11.3 Å². The summed E-state index contributed by atoms with van der Waals surface area (Å²) in [6.07, 6.45) is -3.04. The van der Waals surface area contributed by atoms with Gasteiger partial charge in [0.25, 0.3) is 6.43 Å². The first kappa shape index (κ1) is 27.3. The molecule has 204 valence electrons. The van der Waals surface area contributed by atoms with Crippen LogP contribution in [0.3, 0.4) is 0 Å². The monoisotopic (exact) mass is 541 g/mol. The summed E-state index contributed by atoms with van der Waals surface area (Å²) in [6, 6.07) is 2.45. The number of morpholine rings is 1. The van der Waals surface area contributed by atoms with E-state index in [9.17, 15) is 22.8 Å². The van der Waals surface area contributed by atoms with Crippen molar-refractivity contribution in [1.82, 2.24) is 14.3 Å². The smallest absolute Gasteiger partial charge is 0.410 e. The van der Waals surface area contributed by atoms with Gasteiger partial charge in [0, 0.05) is 24.7 Å². The average molecular weight is 541 g/mol. The number of carbonyl (C=O) groups is 2. The van der Waals surface area contributed by atoms with E-state index < -0.39 is 70.0 Å². The SMILES string of the molecule is CC(C)(C)OC(=O)N1CCO[C@@H](Cc2c(-c3c(F)cc(C(=O)O)c(F)c3F)nc3cc(C(F)F)ccn23)C1. The van der Waals surface area contributed by atoms with E-state index in [0.717, 1.165) is 12.1 Å². The van der Waals surface area contributed by atoms with Gasteiger partial charge in [-0.2, -0.15) is 0 Å². The molecule has 1 aromatic carbocycles. The topological polar surface area (TPSA) is 93.4 Å². The molecule has 13 heteroatoms. The highest BCUT2D eigenvalue weighted by Gasteiger charge is 2.32. The number of rotatable bonds is 5. The van der Waals surface area contributed by atoms with Crippen molar-refractivity contribution < 1.29 is 46.1 Å². The van der Waals surface area contributed by atoms with Gasteiger partial charge in [-0.25, -0.2) is 36.5 Å². The largest absolute Gasteiger partial charge is 0.478 e. The number of hydrogen-bond donors (Lipinski definition) is 1. The van der Waals surface area contributed by atoms with Gasteiger partial charge in [0.2, 0.25) is 0 Å². The van der Waals surface area contributed by atoms with E-state index in [2.05, 4.69) is 4.98 Å². The number of hydrogen-bond acceptors (Lipinski definition) is 5. The molecule has 1 saturated heterocycles. The Balaban J connectivity index is 1.79. The lowest BCUT2D eigenvalue weighted by Crippen LogP contribution is -2.48. The summed E-state index contributed by atoms with van der Waals surface area (Å²) < 4.78 is 83.6. The normalized spacial score (nSPS) is 16.3. The van der Waals surface area contributed by atoms with Crippen LogP contribution in [0.2, 0.25) is 0 Å². The molecule has 1 amide bonds. The summed E-state index contributed by atoms with van der Waals surface area (Å²) in [6.45, 7) is 5.51. The molecular formula is C25H24F5N3O5. The van der Waals surface area contributed by atoms with Crippen LogP contribution in [-0.4, -0.2) is 62.9 Å². The van der Waals surface area contributed by atoms with Crippen LogP contribution in [-0.2, 0) is 15.9 Å². The Morgan fingerprint density at radius 1 is 1.21 bits per heavy atom. The summed E-state index contributed by atoms with van der Waals surface area (Å²) in [5.41, 5.74) is -3.75. The fraction of sp³-hybridized carbons (Fsp3) is 0.400. The third-order valence-corrected chi connectivity index (χ3v) is 5.84. The number of nitrogens with zero attached hydrogens (tertiary/aromatic N) is 3. The minimum atomic E-state index is -2.85. The Morgan fingerprint density at radius 2 is 1.92 bits per heavy atom. The van der Waals surface area contributed by atoms with Crippen LogP contribution in [0.15, 0.2) is 24.4 Å². The standard InChI is InChI=1S/C25H24F5N3O5/c1-25(2,3)38-24(36)32-6-7-37-13(11-32)9-16-21(31-17-8-12(22(29)30)4-5-33(16)17)18-15(26)10-14(23(34)35)19(27)20(18)28/h4-5,8,10,13,22H,6-7,9,11H2,1-3H3,(H,34,35)/t13-/m0/s1. The number of alkyl halides is 2. The number of aromatic nitrogens is 2. The Kier molecular flexibility index (Phi) is 7.33. The number of ether oxygens (including phenoxy) is 2. The zero-order valence-corrected chi connectivity index (χ0v) is 20.6. The van der Waals surface area contributed by atoms with Crippen LogP contribution in [0.5, 0.6) is 0 Å². The molecule has 1 atom stereocenters. The first-order chi connectivity index (χ1) is 17.8. The number of imidazole rings is 1. The molecule has 1 fully saturated rings. The average Bonchev–Trinajstić information content (AvgIpc) is 3.17. The first-order valence-corrected chi connectivity index (χ1v) is 11.6. The number of halogens is 5. The highest BCUT2D eigenvalue weighted by molar-refractivity contribution is 5.89. The van der Waals surface area contributed by atoms with E-state index in [4.69, 9.17) is 14.6 Å². The highest BCUT2D eigenvalue weighted by atomic mass is 19.3. The molecular weight excluding hydrogens is 517 g/mol. The van der Waals surface area contributed by atoms with E-state index in [1.807, 2.05) is 0 Å². The molecule has 3 aromatic rings. The van der Waals surface area contributed by atoms with Crippen LogP contribution < -0.4 is 0 Å². The zero-order chi connectivity index (χ0) is 27.9. The van der Waals surface area contributed by atoms with Gasteiger partial charge in [0.15, 0.2) is 11.6 Å². The van der Waals surface area contributed by atoms with E-state index in [1.165, 1.54) is 15.5 Å². The Bertz CT molecular complexity index is 1400. The summed E-state index contributed by atoms with van der Waals surface area (Å²) in [4.78, 5) is 29.3. The van der Waals surface area contributed by atoms with Crippen LogP contribution in [0.4, 0.5) is 26.7 Å². The van der Waals surface area contributed by atoms with Crippen molar-refractivity contribution in [2.45, 2.75) is 45.3 Å². The molecule has 1 aliphatic rings. The minimum Gasteiger partial charge on any atom is -0.478 e. The number of pyridine rings is 1. The predicted molar refractivity (Wildman–Crippen MR) is 124 cm³/mol. The number of amides is 1. The third-order valence-electron chi connectivity index (χ3n) is 5.84. The van der Waals surface area contributed by atoms with Crippen LogP contribution in [0.1, 0.15) is 48.8 Å². The molecule has 0 unspecified atom stereocenters. The van der Waals surface area contributed by atoms with Gasteiger partial charge in [-0.3, -0.25) is 0 Å². The van der Waals surface area contributed by atoms with E-state index in [-0.39, 0.29) is 37.5 Å². The molecule has 1 N–H and O–H groups in total. The van der Waals surface area contributed by atoms with Gasteiger partial charge < -0.3 is 23.9 Å². The number of carbonyl (C=O) groups excluding carboxylic acids is 1. The second kappa shape index (κ2) is 10.2. The molecule has 2 aromatic heterocycles. The zero-order valence-electron chi connectivity index (χ0n) is 20.6. The Labute approximate surface area is 213 Å². The first-order valence-electron chi connectivity index (χ1n) is 11.6. The van der Waals surface area contributed by atoms with E-state index >= 15 is 8.78 Å². The Hall–Kier alpha value is -3.74. The van der Waals surface area contributed by atoms with Crippen LogP contribution in [0, 0.1) is 17.5 Å². The lowest BCUT2D eigenvalue weighted by Gasteiger charge is -2.34. The minimum absolute atomic E-state index is 0.0357. The van der Waals surface area contributed by atoms with Crippen molar-refractivity contribution in [2.24, 2.45) is 0 Å². The molecule has 3 heterocycles. The second-order valence-electron chi connectivity index (χ2n) is 9.73. The van der Waals surface area contributed by atoms with Gasteiger partial charge in [-0.1, -0.05) is 0 Å². The highest BCUT2D eigenvalue weighted by Crippen LogP contribution is 2.34. The summed E-state index contributed by atoms with van der Waals surface area (Å²) in [5, 5.41) is 9.06.